The van der Waals surface area contributed by atoms with Crippen molar-refractivity contribution in [1.29, 1.82) is 0 Å². The van der Waals surface area contributed by atoms with Gasteiger partial charge in [0.1, 0.15) is 0 Å². The number of aromatic nitrogens is 1. The van der Waals surface area contributed by atoms with Gasteiger partial charge in [0.25, 0.3) is 5.91 Å². The Balaban J connectivity index is 1.80. The summed E-state index contributed by atoms with van der Waals surface area (Å²) >= 11 is 0. The number of ether oxygens (including phenoxy) is 2. The lowest BCUT2D eigenvalue weighted by Gasteiger charge is -2.08. The molecule has 6 heteroatoms. The highest BCUT2D eigenvalue weighted by atomic mass is 16.5. The van der Waals surface area contributed by atoms with E-state index in [2.05, 4.69) is 10.3 Å². The molecular weight excluding hydrogens is 308 g/mol. The average Bonchev–Trinajstić information content (AvgIpc) is 2.61. The minimum Gasteiger partial charge on any atom is -0.468 e. The first-order valence-electron chi connectivity index (χ1n) is 7.80. The standard InChI is InChI=1S/C18H20N2O4/c1-2-3-12-23-18(22)14-7-9-15(10-8-14)20-16(21)13-24-17-6-4-5-11-19-17/h4-11H,2-3,12-13H2,1H3,(H,20,21). The molecule has 0 saturated heterocycles. The number of hydrogen-bond acceptors (Lipinski definition) is 5. The van der Waals surface area contributed by atoms with Crippen LogP contribution in [0, 0.1) is 0 Å². The molecule has 0 aliphatic carbocycles. The SMILES string of the molecule is CCCCOC(=O)c1ccc(NC(=O)COc2ccccn2)cc1. The number of rotatable bonds is 8. The zero-order chi connectivity index (χ0) is 17.2. The third-order valence-corrected chi connectivity index (χ3v) is 3.12. The van der Waals surface area contributed by atoms with Crippen molar-refractivity contribution in [3.63, 3.8) is 0 Å². The Morgan fingerprint density at radius 2 is 1.92 bits per heavy atom. The lowest BCUT2D eigenvalue weighted by atomic mass is 10.2. The van der Waals surface area contributed by atoms with Crippen LogP contribution in [0.4, 0.5) is 5.69 Å². The van der Waals surface area contributed by atoms with Gasteiger partial charge in [0.05, 0.1) is 12.2 Å². The van der Waals surface area contributed by atoms with Gasteiger partial charge >= 0.3 is 5.97 Å². The van der Waals surface area contributed by atoms with Gasteiger partial charge < -0.3 is 14.8 Å². The van der Waals surface area contributed by atoms with Crippen molar-refractivity contribution >= 4 is 17.6 Å². The van der Waals surface area contributed by atoms with Crippen molar-refractivity contribution in [3.05, 3.63) is 54.2 Å². The minimum atomic E-state index is -0.361. The summed E-state index contributed by atoms with van der Waals surface area (Å²) in [5.74, 6) is -0.281. The molecule has 1 amide bonds. The Labute approximate surface area is 140 Å². The highest BCUT2D eigenvalue weighted by Gasteiger charge is 2.08. The molecule has 0 aliphatic rings. The normalized spacial score (nSPS) is 10.0. The number of hydrogen-bond donors (Lipinski definition) is 1. The second-order valence-electron chi connectivity index (χ2n) is 5.07. The van der Waals surface area contributed by atoms with Gasteiger partial charge in [-0.15, -0.1) is 0 Å². The number of esters is 1. The number of carbonyl (C=O) groups excluding carboxylic acids is 2. The van der Waals surface area contributed by atoms with Crippen molar-refractivity contribution < 1.29 is 19.1 Å². The van der Waals surface area contributed by atoms with Crippen LogP contribution in [-0.4, -0.2) is 30.1 Å². The summed E-state index contributed by atoms with van der Waals surface area (Å²) in [7, 11) is 0. The number of pyridine rings is 1. The zero-order valence-corrected chi connectivity index (χ0v) is 13.5. The van der Waals surface area contributed by atoms with E-state index < -0.39 is 0 Å². The summed E-state index contributed by atoms with van der Waals surface area (Å²) in [5, 5.41) is 2.69. The van der Waals surface area contributed by atoms with Crippen molar-refractivity contribution in [2.24, 2.45) is 0 Å². The maximum Gasteiger partial charge on any atom is 0.338 e. The summed E-state index contributed by atoms with van der Waals surface area (Å²) in [6.45, 7) is 2.30. The Hall–Kier alpha value is -2.89. The fourth-order valence-electron chi connectivity index (χ4n) is 1.85. The van der Waals surface area contributed by atoms with Crippen LogP contribution in [0.3, 0.4) is 0 Å². The molecule has 0 bridgehead atoms. The molecular formula is C18H20N2O4. The molecule has 2 rings (SSSR count). The van der Waals surface area contributed by atoms with Crippen molar-refractivity contribution in [3.8, 4) is 5.88 Å². The predicted molar refractivity (Wildman–Crippen MR) is 90.0 cm³/mol. The van der Waals surface area contributed by atoms with Crippen LogP contribution in [0.2, 0.25) is 0 Å². The second kappa shape index (κ2) is 9.29. The van der Waals surface area contributed by atoms with Crippen LogP contribution in [0.1, 0.15) is 30.1 Å². The van der Waals surface area contributed by atoms with Gasteiger partial charge in [0.15, 0.2) is 6.61 Å². The van der Waals surface area contributed by atoms with E-state index in [4.69, 9.17) is 9.47 Å². The highest BCUT2D eigenvalue weighted by molar-refractivity contribution is 5.93. The molecule has 1 heterocycles. The third kappa shape index (κ3) is 5.72. The van der Waals surface area contributed by atoms with Gasteiger partial charge in [-0.3, -0.25) is 4.79 Å². The molecule has 1 aromatic heterocycles. The summed E-state index contributed by atoms with van der Waals surface area (Å²) in [5.41, 5.74) is 1.03. The third-order valence-electron chi connectivity index (χ3n) is 3.12. The van der Waals surface area contributed by atoms with Crippen molar-refractivity contribution in [1.82, 2.24) is 4.98 Å². The lowest BCUT2D eigenvalue weighted by molar-refractivity contribution is -0.118. The summed E-state index contributed by atoms with van der Waals surface area (Å²) < 4.78 is 10.4. The van der Waals surface area contributed by atoms with E-state index in [9.17, 15) is 9.59 Å². The number of nitrogens with zero attached hydrogens (tertiary/aromatic N) is 1. The van der Waals surface area contributed by atoms with Crippen LogP contribution in [0.15, 0.2) is 48.7 Å². The summed E-state index contributed by atoms with van der Waals surface area (Å²) in [6.07, 6.45) is 3.40. The number of unbranched alkanes of at least 4 members (excludes halogenated alkanes) is 1. The van der Waals surface area contributed by atoms with Crippen molar-refractivity contribution in [2.45, 2.75) is 19.8 Å². The number of carbonyl (C=O) groups is 2. The molecule has 0 spiro atoms. The molecule has 1 aromatic carbocycles. The van der Waals surface area contributed by atoms with Gasteiger partial charge in [-0.05, 0) is 36.8 Å². The summed E-state index contributed by atoms with van der Waals surface area (Å²) in [4.78, 5) is 27.6. The lowest BCUT2D eigenvalue weighted by Crippen LogP contribution is -2.20. The molecule has 0 fully saturated rings. The van der Waals surface area contributed by atoms with Gasteiger partial charge in [-0.25, -0.2) is 9.78 Å². The topological polar surface area (TPSA) is 77.5 Å². The van der Waals surface area contributed by atoms with Crippen LogP contribution >= 0.6 is 0 Å². The van der Waals surface area contributed by atoms with Gasteiger partial charge in [0, 0.05) is 18.0 Å². The number of amides is 1. The van der Waals surface area contributed by atoms with E-state index in [1.165, 1.54) is 0 Å². The fraction of sp³-hybridized carbons (Fsp3) is 0.278. The Morgan fingerprint density at radius 1 is 1.12 bits per heavy atom. The maximum absolute atomic E-state index is 11.8. The molecule has 1 N–H and O–H groups in total. The Bertz CT molecular complexity index is 656. The van der Waals surface area contributed by atoms with Gasteiger partial charge in [-0.1, -0.05) is 19.4 Å². The molecule has 2 aromatic rings. The first-order chi connectivity index (χ1) is 11.7. The monoisotopic (exact) mass is 328 g/mol. The molecule has 126 valence electrons. The molecule has 24 heavy (non-hydrogen) atoms. The van der Waals surface area contributed by atoms with E-state index in [1.54, 1.807) is 48.7 Å². The van der Waals surface area contributed by atoms with Crippen LogP contribution in [0.5, 0.6) is 5.88 Å². The van der Waals surface area contributed by atoms with E-state index >= 15 is 0 Å². The average molecular weight is 328 g/mol. The highest BCUT2D eigenvalue weighted by Crippen LogP contribution is 2.11. The zero-order valence-electron chi connectivity index (χ0n) is 13.5. The molecule has 0 saturated carbocycles. The minimum absolute atomic E-state index is 0.141. The Kier molecular flexibility index (Phi) is 6.76. The Morgan fingerprint density at radius 3 is 2.58 bits per heavy atom. The maximum atomic E-state index is 11.8. The number of anilines is 1. The smallest absolute Gasteiger partial charge is 0.338 e. The number of benzene rings is 1. The predicted octanol–water partition coefficient (Wildman–Crippen LogP) is 3.06. The van der Waals surface area contributed by atoms with Gasteiger partial charge in [-0.2, -0.15) is 0 Å². The molecule has 0 radical (unpaired) electrons. The first-order valence-corrected chi connectivity index (χ1v) is 7.80. The first kappa shape index (κ1) is 17.5. The van der Waals surface area contributed by atoms with Crippen LogP contribution < -0.4 is 10.1 Å². The molecule has 0 unspecified atom stereocenters. The summed E-state index contributed by atoms with van der Waals surface area (Å²) in [6, 6.07) is 11.7. The van der Waals surface area contributed by atoms with E-state index in [-0.39, 0.29) is 18.5 Å². The van der Waals surface area contributed by atoms with E-state index in [1.807, 2.05) is 6.92 Å². The van der Waals surface area contributed by atoms with Crippen molar-refractivity contribution in [2.75, 3.05) is 18.5 Å². The second-order valence-corrected chi connectivity index (χ2v) is 5.07. The largest absolute Gasteiger partial charge is 0.468 e. The fourth-order valence-corrected chi connectivity index (χ4v) is 1.85. The van der Waals surface area contributed by atoms with E-state index in [0.717, 1.165) is 12.8 Å². The quantitative estimate of drug-likeness (QED) is 0.595. The van der Waals surface area contributed by atoms with Gasteiger partial charge in [0.2, 0.25) is 5.88 Å². The van der Waals surface area contributed by atoms with Crippen LogP contribution in [0.25, 0.3) is 0 Å². The molecule has 6 nitrogen and oxygen atoms in total. The molecule has 0 aliphatic heterocycles. The molecule has 0 atom stereocenters. The van der Waals surface area contributed by atoms with Crippen LogP contribution in [-0.2, 0) is 9.53 Å². The number of nitrogens with one attached hydrogen (secondary N) is 1. The van der Waals surface area contributed by atoms with E-state index in [0.29, 0.717) is 23.7 Å².